The van der Waals surface area contributed by atoms with Crippen LogP contribution in [0.1, 0.15) is 68.9 Å². The van der Waals surface area contributed by atoms with Crippen LogP contribution in [0.5, 0.6) is 0 Å². The van der Waals surface area contributed by atoms with Gasteiger partial charge in [-0.2, -0.15) is 0 Å². The van der Waals surface area contributed by atoms with Crippen LogP contribution in [0.2, 0.25) is 0 Å². The number of ketones is 1. The minimum Gasteiger partial charge on any atom is -0.289 e. The third-order valence-electron chi connectivity index (χ3n) is 5.47. The van der Waals surface area contributed by atoms with E-state index in [4.69, 9.17) is 0 Å². The van der Waals surface area contributed by atoms with Crippen LogP contribution in [-0.2, 0) is 11.2 Å². The molecule has 0 fully saturated rings. The second-order valence-electron chi connectivity index (χ2n) is 6.88. The summed E-state index contributed by atoms with van der Waals surface area (Å²) in [5.41, 5.74) is 11.3. The van der Waals surface area contributed by atoms with Crippen molar-refractivity contribution in [1.29, 1.82) is 0 Å². The Kier molecular flexibility index (Phi) is 7.43. The number of rotatable bonds is 2. The highest BCUT2D eigenvalue weighted by Gasteiger charge is 2.22. The molecule has 0 atom stereocenters. The molecule has 1 aromatic rings. The molecule has 0 spiro atoms. The van der Waals surface area contributed by atoms with Gasteiger partial charge in [-0.05, 0) is 106 Å². The molecule has 0 saturated carbocycles. The van der Waals surface area contributed by atoms with Gasteiger partial charge in [-0.1, -0.05) is 18.9 Å². The Bertz CT molecular complexity index is 778. The van der Waals surface area contributed by atoms with E-state index in [9.17, 15) is 4.79 Å². The lowest BCUT2D eigenvalue weighted by Gasteiger charge is -2.12. The lowest BCUT2D eigenvalue weighted by atomic mass is 9.92. The topological polar surface area (TPSA) is 17.1 Å². The molecule has 0 aliphatic heterocycles. The van der Waals surface area contributed by atoms with Crippen LogP contribution >= 0.6 is 0 Å². The van der Waals surface area contributed by atoms with Crippen LogP contribution in [0.15, 0.2) is 28.4 Å². The first-order chi connectivity index (χ1) is 11.7. The maximum absolute atomic E-state index is 11.4. The molecule has 0 heterocycles. The van der Waals surface area contributed by atoms with E-state index in [1.165, 1.54) is 39.0 Å². The summed E-state index contributed by atoms with van der Waals surface area (Å²) in [6.07, 6.45) is 1.86. The molecule has 25 heavy (non-hydrogen) atoms. The zero-order valence-electron chi connectivity index (χ0n) is 17.4. The predicted molar refractivity (Wildman–Crippen MR) is 109 cm³/mol. The monoisotopic (exact) mass is 336 g/mol. The average molecular weight is 337 g/mol. The molecule has 0 N–H and O–H groups in total. The van der Waals surface area contributed by atoms with E-state index in [1.807, 2.05) is 27.7 Å². The molecule has 1 aromatic carbocycles. The summed E-state index contributed by atoms with van der Waals surface area (Å²) in [5, 5.41) is 0. The predicted octanol–water partition coefficient (Wildman–Crippen LogP) is 6.12. The second kappa shape index (κ2) is 8.86. The molecule has 2 rings (SSSR count). The number of Topliss-reactive ketones (excluding diaryl/α,β-unsaturated/α-hetero) is 1. The van der Waals surface area contributed by atoms with E-state index < -0.39 is 0 Å². The van der Waals surface area contributed by atoms with Crippen molar-refractivity contribution in [2.45, 2.75) is 75.2 Å². The number of carbonyl (C=O) groups is 1. The Morgan fingerprint density at radius 3 is 1.68 bits per heavy atom. The van der Waals surface area contributed by atoms with Gasteiger partial charge >= 0.3 is 0 Å². The molecule has 1 aliphatic carbocycles. The number of benzene rings is 1. The number of carbonyl (C=O) groups excluding carboxylic acids is 1. The van der Waals surface area contributed by atoms with E-state index >= 15 is 0 Å². The molecule has 0 bridgehead atoms. The molecule has 134 valence electrons. The van der Waals surface area contributed by atoms with Gasteiger partial charge in [0.15, 0.2) is 5.78 Å². The summed E-state index contributed by atoms with van der Waals surface area (Å²) >= 11 is 0. The molecular formula is C24H32O. The second-order valence-corrected chi connectivity index (χ2v) is 6.88. The third-order valence-corrected chi connectivity index (χ3v) is 5.47. The Hall–Kier alpha value is -2.07. The number of aryl methyl sites for hydroxylation is 2. The third kappa shape index (κ3) is 4.51. The summed E-state index contributed by atoms with van der Waals surface area (Å²) in [6, 6.07) is 2.26. The fourth-order valence-electron chi connectivity index (χ4n) is 3.37. The Balaban J connectivity index is 0.000000257. The fourth-order valence-corrected chi connectivity index (χ4v) is 3.37. The fraction of sp³-hybridized carbons (Fsp3) is 0.458. The summed E-state index contributed by atoms with van der Waals surface area (Å²) in [6.45, 7) is 18.6. The quantitative estimate of drug-likeness (QED) is 0.595. The van der Waals surface area contributed by atoms with E-state index in [2.05, 4.69) is 52.5 Å². The van der Waals surface area contributed by atoms with Crippen LogP contribution in [0.3, 0.4) is 0 Å². The highest BCUT2D eigenvalue weighted by Crippen LogP contribution is 2.30. The van der Waals surface area contributed by atoms with Crippen molar-refractivity contribution < 1.29 is 4.79 Å². The first kappa shape index (κ1) is 21.0. The van der Waals surface area contributed by atoms with Crippen molar-refractivity contribution in [1.82, 2.24) is 0 Å². The molecule has 0 aromatic heterocycles. The molecular weight excluding hydrogens is 304 g/mol. The zero-order chi connectivity index (χ0) is 19.3. The molecule has 0 saturated heterocycles. The van der Waals surface area contributed by atoms with Crippen molar-refractivity contribution in [3.63, 3.8) is 0 Å². The zero-order valence-corrected chi connectivity index (χ0v) is 17.4. The summed E-state index contributed by atoms with van der Waals surface area (Å²) < 4.78 is 0. The van der Waals surface area contributed by atoms with Gasteiger partial charge in [0.25, 0.3) is 0 Å². The van der Waals surface area contributed by atoms with E-state index in [0.29, 0.717) is 0 Å². The SMILES string of the molecule is CC#CCc1c(C)c(C)cc(C)c1C.CCC1=C(C)C(=O)C(C)=C1C. The van der Waals surface area contributed by atoms with E-state index in [-0.39, 0.29) is 5.78 Å². The van der Waals surface area contributed by atoms with Gasteiger partial charge in [0, 0.05) is 12.0 Å². The van der Waals surface area contributed by atoms with Crippen LogP contribution < -0.4 is 0 Å². The minimum absolute atomic E-state index is 0.236. The molecule has 0 radical (unpaired) electrons. The van der Waals surface area contributed by atoms with Crippen LogP contribution in [0.4, 0.5) is 0 Å². The Morgan fingerprint density at radius 2 is 1.36 bits per heavy atom. The molecule has 0 unspecified atom stereocenters. The molecule has 0 amide bonds. The first-order valence-corrected chi connectivity index (χ1v) is 9.05. The highest BCUT2D eigenvalue weighted by molar-refractivity contribution is 6.12. The van der Waals surface area contributed by atoms with Crippen LogP contribution in [0, 0.1) is 39.5 Å². The van der Waals surface area contributed by atoms with Crippen molar-refractivity contribution in [2.75, 3.05) is 0 Å². The first-order valence-electron chi connectivity index (χ1n) is 9.05. The Labute approximate surface area is 154 Å². The average Bonchev–Trinajstić information content (AvgIpc) is 2.77. The van der Waals surface area contributed by atoms with Gasteiger partial charge in [0.2, 0.25) is 0 Å². The van der Waals surface area contributed by atoms with Gasteiger partial charge in [0.1, 0.15) is 0 Å². The van der Waals surface area contributed by atoms with Gasteiger partial charge in [-0.15, -0.1) is 5.92 Å². The lowest BCUT2D eigenvalue weighted by Crippen LogP contribution is -1.98. The van der Waals surface area contributed by atoms with Crippen LogP contribution in [-0.4, -0.2) is 5.78 Å². The summed E-state index contributed by atoms with van der Waals surface area (Å²) in [5.74, 6) is 6.35. The number of hydrogen-bond donors (Lipinski definition) is 0. The van der Waals surface area contributed by atoms with Crippen molar-refractivity contribution >= 4 is 5.78 Å². The minimum atomic E-state index is 0.236. The number of allylic oxidation sites excluding steroid dienone is 4. The maximum Gasteiger partial charge on any atom is 0.184 e. The smallest absolute Gasteiger partial charge is 0.184 e. The molecule has 1 heteroatoms. The molecule has 1 nitrogen and oxygen atoms in total. The largest absolute Gasteiger partial charge is 0.289 e. The number of hydrogen-bond acceptors (Lipinski definition) is 1. The maximum atomic E-state index is 11.4. The van der Waals surface area contributed by atoms with E-state index in [0.717, 1.165) is 24.0 Å². The standard InChI is InChI=1S/C14H18.C10H14O/c1-6-7-8-14-12(4)10(2)9-11(3)13(14)5;1-5-9-6(2)7(3)10(11)8(9)4/h9H,8H2,1-5H3;5H2,1-4H3. The summed E-state index contributed by atoms with van der Waals surface area (Å²) in [7, 11) is 0. The van der Waals surface area contributed by atoms with Gasteiger partial charge in [-0.3, -0.25) is 4.79 Å². The van der Waals surface area contributed by atoms with Crippen LogP contribution in [0.25, 0.3) is 0 Å². The van der Waals surface area contributed by atoms with Crippen molar-refractivity contribution in [3.8, 4) is 11.8 Å². The van der Waals surface area contributed by atoms with Crippen molar-refractivity contribution in [3.05, 3.63) is 56.2 Å². The molecule has 1 aliphatic rings. The lowest BCUT2D eigenvalue weighted by molar-refractivity contribution is -0.112. The van der Waals surface area contributed by atoms with Gasteiger partial charge in [0.05, 0.1) is 0 Å². The Morgan fingerprint density at radius 1 is 0.840 bits per heavy atom. The van der Waals surface area contributed by atoms with E-state index in [1.54, 1.807) is 0 Å². The van der Waals surface area contributed by atoms with Crippen molar-refractivity contribution in [2.24, 2.45) is 0 Å². The highest BCUT2D eigenvalue weighted by atomic mass is 16.1. The summed E-state index contributed by atoms with van der Waals surface area (Å²) in [4.78, 5) is 11.4. The van der Waals surface area contributed by atoms with Gasteiger partial charge in [-0.25, -0.2) is 0 Å². The normalized spacial score (nSPS) is 13.6. The van der Waals surface area contributed by atoms with Gasteiger partial charge < -0.3 is 0 Å².